The summed E-state index contributed by atoms with van der Waals surface area (Å²) >= 11 is 2.77. The van der Waals surface area contributed by atoms with Crippen LogP contribution in [0, 0.1) is 13.8 Å². The number of carbonyl (C=O) groups excluding carboxylic acids is 2. The normalized spacial score (nSPS) is 17.9. The van der Waals surface area contributed by atoms with Crippen LogP contribution < -0.4 is 4.90 Å². The summed E-state index contributed by atoms with van der Waals surface area (Å²) in [6.45, 7) is 4.03. The highest BCUT2D eigenvalue weighted by atomic mass is 32.2. The Labute approximate surface area is 178 Å². The number of amides is 1. The summed E-state index contributed by atoms with van der Waals surface area (Å²) in [6.07, 6.45) is 0.166. The number of nitrogens with zero attached hydrogens (tertiary/aromatic N) is 2. The summed E-state index contributed by atoms with van der Waals surface area (Å²) in [5.74, 6) is -0.110. The third-order valence-corrected chi connectivity index (χ3v) is 6.70. The Morgan fingerprint density at radius 1 is 1.00 bits per heavy atom. The van der Waals surface area contributed by atoms with Crippen molar-refractivity contribution in [3.05, 3.63) is 82.0 Å². The Bertz CT molecular complexity index is 1060. The molecule has 29 heavy (non-hydrogen) atoms. The van der Waals surface area contributed by atoms with E-state index in [1.807, 2.05) is 73.8 Å². The van der Waals surface area contributed by atoms with Crippen LogP contribution in [0.3, 0.4) is 0 Å². The Hall–Kier alpha value is -2.70. The van der Waals surface area contributed by atoms with E-state index >= 15 is 0 Å². The first-order chi connectivity index (χ1) is 14.0. The highest BCUT2D eigenvalue weighted by molar-refractivity contribution is 8.16. The minimum atomic E-state index is -0.477. The molecule has 1 fully saturated rings. The monoisotopic (exact) mass is 420 g/mol. The zero-order chi connectivity index (χ0) is 20.4. The van der Waals surface area contributed by atoms with E-state index in [-0.39, 0.29) is 18.1 Å². The summed E-state index contributed by atoms with van der Waals surface area (Å²) in [7, 11) is 0. The topological polar surface area (TPSA) is 49.7 Å². The molecule has 3 aromatic rings. The molecule has 0 saturated carbocycles. The van der Waals surface area contributed by atoms with Gasteiger partial charge in [0.25, 0.3) is 0 Å². The molecule has 2 aromatic carbocycles. The van der Waals surface area contributed by atoms with Crippen molar-refractivity contribution in [2.75, 3.05) is 4.90 Å². The van der Waals surface area contributed by atoms with Crippen LogP contribution >= 0.6 is 23.1 Å². The zero-order valence-electron chi connectivity index (χ0n) is 16.2. The lowest BCUT2D eigenvalue weighted by molar-refractivity contribution is -0.116. The molecular weight excluding hydrogens is 400 g/mol. The summed E-state index contributed by atoms with van der Waals surface area (Å²) in [4.78, 5) is 32.9. The van der Waals surface area contributed by atoms with Crippen molar-refractivity contribution in [1.82, 2.24) is 0 Å². The zero-order valence-corrected chi connectivity index (χ0v) is 17.8. The maximum atomic E-state index is 13.2. The van der Waals surface area contributed by atoms with Gasteiger partial charge in [-0.25, -0.2) is 4.99 Å². The lowest BCUT2D eigenvalue weighted by atomic mass is 10.1. The number of thioether (sulfide) groups is 1. The van der Waals surface area contributed by atoms with Gasteiger partial charge in [0.1, 0.15) is 0 Å². The number of benzene rings is 2. The first-order valence-corrected chi connectivity index (χ1v) is 11.1. The molecule has 146 valence electrons. The molecule has 2 heterocycles. The van der Waals surface area contributed by atoms with Crippen molar-refractivity contribution in [3.8, 4) is 0 Å². The lowest BCUT2D eigenvalue weighted by Crippen LogP contribution is -2.32. The third kappa shape index (κ3) is 4.33. The maximum Gasteiger partial charge on any atom is 0.247 e. The number of hydrogen-bond donors (Lipinski definition) is 0. The van der Waals surface area contributed by atoms with Crippen molar-refractivity contribution < 1.29 is 9.59 Å². The van der Waals surface area contributed by atoms with E-state index in [2.05, 4.69) is 0 Å². The van der Waals surface area contributed by atoms with E-state index in [9.17, 15) is 9.59 Å². The van der Waals surface area contributed by atoms with E-state index in [0.29, 0.717) is 10.0 Å². The molecule has 0 N–H and O–H groups in total. The van der Waals surface area contributed by atoms with Crippen molar-refractivity contribution in [1.29, 1.82) is 0 Å². The molecule has 4 nitrogen and oxygen atoms in total. The largest absolute Gasteiger partial charge is 0.293 e. The number of hydrogen-bond acceptors (Lipinski definition) is 5. The summed E-state index contributed by atoms with van der Waals surface area (Å²) in [5, 5.41) is 2.00. The van der Waals surface area contributed by atoms with Crippen LogP contribution in [-0.4, -0.2) is 22.1 Å². The minimum Gasteiger partial charge on any atom is -0.293 e. The van der Waals surface area contributed by atoms with Crippen LogP contribution in [0.1, 0.15) is 27.2 Å². The molecular formula is C23H20N2O2S2. The highest BCUT2D eigenvalue weighted by Crippen LogP contribution is 2.36. The molecule has 4 rings (SSSR count). The average Bonchev–Trinajstić information content (AvgIpc) is 3.34. The van der Waals surface area contributed by atoms with Crippen molar-refractivity contribution in [3.63, 3.8) is 0 Å². The van der Waals surface area contributed by atoms with Gasteiger partial charge in [-0.15, -0.1) is 11.3 Å². The molecule has 1 saturated heterocycles. The second-order valence-corrected chi connectivity index (χ2v) is 9.07. The first-order valence-electron chi connectivity index (χ1n) is 9.30. The summed E-state index contributed by atoms with van der Waals surface area (Å²) in [5.41, 5.74) is 3.83. The van der Waals surface area contributed by atoms with Gasteiger partial charge in [-0.05, 0) is 49.6 Å². The molecule has 1 aliphatic heterocycles. The number of aryl methyl sites for hydroxylation is 2. The number of amidine groups is 1. The first kappa shape index (κ1) is 19.6. The smallest absolute Gasteiger partial charge is 0.247 e. The van der Waals surface area contributed by atoms with E-state index < -0.39 is 5.25 Å². The van der Waals surface area contributed by atoms with Crippen molar-refractivity contribution >= 4 is 51.3 Å². The van der Waals surface area contributed by atoms with Crippen LogP contribution in [0.25, 0.3) is 0 Å². The van der Waals surface area contributed by atoms with E-state index in [1.165, 1.54) is 23.1 Å². The van der Waals surface area contributed by atoms with Gasteiger partial charge < -0.3 is 0 Å². The molecule has 1 amide bonds. The predicted molar refractivity (Wildman–Crippen MR) is 122 cm³/mol. The number of aliphatic imine (C=N–C) groups is 1. The average molecular weight is 421 g/mol. The van der Waals surface area contributed by atoms with Gasteiger partial charge in [-0.3, -0.25) is 14.5 Å². The molecule has 1 atom stereocenters. The number of Topliss-reactive ketones (excluding diaryl/α,β-unsaturated/α-hetero) is 1. The quantitative estimate of drug-likeness (QED) is 0.492. The van der Waals surface area contributed by atoms with E-state index in [0.717, 1.165) is 22.5 Å². The molecule has 6 heteroatoms. The van der Waals surface area contributed by atoms with Crippen LogP contribution in [0.5, 0.6) is 0 Å². The van der Waals surface area contributed by atoms with Crippen molar-refractivity contribution in [2.45, 2.75) is 25.5 Å². The molecule has 0 bridgehead atoms. The van der Waals surface area contributed by atoms with Gasteiger partial charge in [0.05, 0.1) is 21.5 Å². The molecule has 1 unspecified atom stereocenters. The third-order valence-electron chi connectivity index (χ3n) is 4.65. The van der Waals surface area contributed by atoms with Gasteiger partial charge in [0.2, 0.25) is 5.91 Å². The van der Waals surface area contributed by atoms with Gasteiger partial charge in [-0.2, -0.15) is 0 Å². The number of anilines is 1. The fraction of sp³-hybridized carbons (Fsp3) is 0.174. The van der Waals surface area contributed by atoms with Gasteiger partial charge >= 0.3 is 0 Å². The van der Waals surface area contributed by atoms with Crippen LogP contribution in [0.15, 0.2) is 71.0 Å². The highest BCUT2D eigenvalue weighted by Gasteiger charge is 2.40. The Morgan fingerprint density at radius 2 is 1.66 bits per heavy atom. The van der Waals surface area contributed by atoms with Crippen LogP contribution in [0.4, 0.5) is 11.4 Å². The summed E-state index contributed by atoms with van der Waals surface area (Å²) < 4.78 is 0. The minimum absolute atomic E-state index is 0.00806. The molecule has 1 aromatic heterocycles. The van der Waals surface area contributed by atoms with Gasteiger partial charge in [0, 0.05) is 6.42 Å². The maximum absolute atomic E-state index is 13.2. The number of thiophene rings is 1. The van der Waals surface area contributed by atoms with Crippen molar-refractivity contribution in [2.24, 2.45) is 4.99 Å². The van der Waals surface area contributed by atoms with E-state index in [4.69, 9.17) is 4.99 Å². The van der Waals surface area contributed by atoms with Crippen LogP contribution in [0.2, 0.25) is 0 Å². The lowest BCUT2D eigenvalue weighted by Gasteiger charge is -2.16. The molecule has 0 radical (unpaired) electrons. The molecule has 1 aliphatic rings. The second-order valence-electron chi connectivity index (χ2n) is 6.95. The Kier molecular flexibility index (Phi) is 5.65. The number of carbonyl (C=O) groups is 2. The Morgan fingerprint density at radius 3 is 2.28 bits per heavy atom. The fourth-order valence-corrected chi connectivity index (χ4v) is 4.87. The molecule has 0 aliphatic carbocycles. The SMILES string of the molecule is Cc1ccc(N=C2SC(CC(=O)c3cccs3)C(=O)N2c2ccc(C)cc2)cc1. The predicted octanol–water partition coefficient (Wildman–Crippen LogP) is 5.77. The van der Waals surface area contributed by atoms with Crippen LogP contribution in [-0.2, 0) is 4.79 Å². The van der Waals surface area contributed by atoms with Gasteiger partial charge in [0.15, 0.2) is 11.0 Å². The standard InChI is InChI=1S/C23H20N2O2S2/c1-15-5-9-17(10-6-15)24-23-25(18-11-7-16(2)8-12-18)22(27)21(29-23)14-19(26)20-4-3-13-28-20/h3-13,21H,14H2,1-2H3. The Balaban J connectivity index is 1.66. The van der Waals surface area contributed by atoms with Gasteiger partial charge in [-0.1, -0.05) is 53.2 Å². The number of rotatable bonds is 5. The summed E-state index contributed by atoms with van der Waals surface area (Å²) in [6, 6.07) is 19.3. The number of ketones is 1. The van der Waals surface area contributed by atoms with E-state index in [1.54, 1.807) is 11.0 Å². The fourth-order valence-electron chi connectivity index (χ4n) is 3.04. The second kappa shape index (κ2) is 8.35. The molecule has 0 spiro atoms.